The second-order valence-electron chi connectivity index (χ2n) is 17.5. The maximum absolute atomic E-state index is 12.8. The molecule has 0 rings (SSSR count). The maximum atomic E-state index is 12.8. The van der Waals surface area contributed by atoms with Crippen LogP contribution < -0.4 is 10.2 Å². The number of aliphatic hydroxyl groups is 1. The van der Waals surface area contributed by atoms with Crippen LogP contribution in [-0.2, 0) is 18.4 Å². The predicted molar refractivity (Wildman–Crippen MR) is 242 cm³/mol. The lowest BCUT2D eigenvalue weighted by atomic mass is 10.0. The Hall–Kier alpha value is -1.28. The van der Waals surface area contributed by atoms with Gasteiger partial charge < -0.3 is 28.8 Å². The number of carbonyl (C=O) groups is 1. The third-order valence-electron chi connectivity index (χ3n) is 10.6. The highest BCUT2D eigenvalue weighted by Crippen LogP contribution is 2.38. The first-order valence-corrected chi connectivity index (χ1v) is 25.3. The number of likely N-dealkylation sites (N-methyl/N-ethyl adjacent to an activating group) is 1. The lowest BCUT2D eigenvalue weighted by molar-refractivity contribution is -0.870. The largest absolute Gasteiger partial charge is 0.756 e. The molecule has 0 aliphatic carbocycles. The van der Waals surface area contributed by atoms with Crippen LogP contribution in [0.2, 0.25) is 0 Å². The van der Waals surface area contributed by atoms with Crippen LogP contribution in [0.15, 0.2) is 36.5 Å². The zero-order chi connectivity index (χ0) is 42.1. The van der Waals surface area contributed by atoms with Gasteiger partial charge in [-0.1, -0.05) is 185 Å². The summed E-state index contributed by atoms with van der Waals surface area (Å²) in [5.41, 5.74) is 0. The fourth-order valence-electron chi connectivity index (χ4n) is 6.75. The molecule has 0 aromatic carbocycles. The highest BCUT2D eigenvalue weighted by molar-refractivity contribution is 7.45. The number of nitrogens with one attached hydrogen (secondary N) is 1. The van der Waals surface area contributed by atoms with Crippen LogP contribution in [0.1, 0.15) is 213 Å². The van der Waals surface area contributed by atoms with E-state index in [9.17, 15) is 19.4 Å². The monoisotopic (exact) mass is 825 g/mol. The number of carbonyl (C=O) groups excluding carboxylic acids is 1. The molecule has 0 bridgehead atoms. The van der Waals surface area contributed by atoms with Gasteiger partial charge in [0, 0.05) is 6.42 Å². The molecule has 3 unspecified atom stereocenters. The van der Waals surface area contributed by atoms with E-state index in [-0.39, 0.29) is 12.5 Å². The molecule has 1 amide bonds. The van der Waals surface area contributed by atoms with E-state index in [0.29, 0.717) is 17.4 Å². The van der Waals surface area contributed by atoms with Gasteiger partial charge in [-0.3, -0.25) is 9.36 Å². The van der Waals surface area contributed by atoms with Gasteiger partial charge in [0.25, 0.3) is 7.82 Å². The first-order valence-electron chi connectivity index (χ1n) is 23.9. The maximum Gasteiger partial charge on any atom is 0.268 e. The van der Waals surface area contributed by atoms with E-state index < -0.39 is 26.6 Å². The van der Waals surface area contributed by atoms with E-state index in [1.807, 2.05) is 27.2 Å². The fourth-order valence-corrected chi connectivity index (χ4v) is 7.47. The minimum Gasteiger partial charge on any atom is -0.756 e. The van der Waals surface area contributed by atoms with E-state index in [1.54, 1.807) is 6.08 Å². The van der Waals surface area contributed by atoms with Gasteiger partial charge in [-0.15, -0.1) is 0 Å². The Balaban J connectivity index is 4.12. The standard InChI is InChI=1S/C48H93N2O6P/c1-6-8-10-12-14-16-17-18-19-20-21-22-23-24-25-26-27-28-29-30-31-32-34-36-38-40-42-48(52)49-46(45-56-57(53,54)55-44-43-50(3,4)5)47(51)41-39-37-35-33-15-13-11-9-7-2/h15,24-25,33,39,41,46-47,51H,6-14,16-23,26-32,34-38,40,42-45H2,1-5H3,(H-,49,52,53,54)/b25-24-,33-15+,41-39+. The van der Waals surface area contributed by atoms with Crippen molar-refractivity contribution in [3.63, 3.8) is 0 Å². The molecular weight excluding hydrogens is 732 g/mol. The number of nitrogens with zero attached hydrogens (tertiary/aromatic N) is 1. The number of allylic oxidation sites excluding steroid dienone is 5. The van der Waals surface area contributed by atoms with Crippen LogP contribution in [0.4, 0.5) is 0 Å². The van der Waals surface area contributed by atoms with Crippen molar-refractivity contribution in [1.82, 2.24) is 5.32 Å². The van der Waals surface area contributed by atoms with E-state index in [2.05, 4.69) is 43.5 Å². The van der Waals surface area contributed by atoms with Gasteiger partial charge in [0.2, 0.25) is 5.91 Å². The summed E-state index contributed by atoms with van der Waals surface area (Å²) in [6, 6.07) is -0.900. The molecule has 8 nitrogen and oxygen atoms in total. The van der Waals surface area contributed by atoms with Crippen LogP contribution >= 0.6 is 7.82 Å². The lowest BCUT2D eigenvalue weighted by Gasteiger charge is -2.29. The van der Waals surface area contributed by atoms with Crippen molar-refractivity contribution in [2.24, 2.45) is 0 Å². The minimum atomic E-state index is -4.59. The smallest absolute Gasteiger partial charge is 0.268 e. The molecule has 0 fully saturated rings. The Kier molecular flexibility index (Phi) is 39.2. The van der Waals surface area contributed by atoms with Gasteiger partial charge in [-0.2, -0.15) is 0 Å². The fraction of sp³-hybridized carbons (Fsp3) is 0.854. The average Bonchev–Trinajstić information content (AvgIpc) is 3.16. The first kappa shape index (κ1) is 55.7. The van der Waals surface area contributed by atoms with Crippen molar-refractivity contribution in [3.8, 4) is 0 Å². The number of amides is 1. The number of quaternary nitrogens is 1. The van der Waals surface area contributed by atoms with Crippen LogP contribution in [-0.4, -0.2) is 68.5 Å². The molecule has 2 N–H and O–H groups in total. The molecule has 0 spiro atoms. The third kappa shape index (κ3) is 42.6. The number of hydrogen-bond acceptors (Lipinski definition) is 6. The molecule has 9 heteroatoms. The number of phosphoric ester groups is 1. The van der Waals surface area contributed by atoms with E-state index >= 15 is 0 Å². The van der Waals surface area contributed by atoms with Crippen LogP contribution in [0.3, 0.4) is 0 Å². The molecular formula is C48H93N2O6P. The van der Waals surface area contributed by atoms with Crippen molar-refractivity contribution in [2.75, 3.05) is 40.9 Å². The zero-order valence-corrected chi connectivity index (χ0v) is 38.9. The summed E-state index contributed by atoms with van der Waals surface area (Å²) in [5, 5.41) is 13.7. The van der Waals surface area contributed by atoms with Crippen molar-refractivity contribution in [3.05, 3.63) is 36.5 Å². The molecule has 336 valence electrons. The van der Waals surface area contributed by atoms with Gasteiger partial charge in [-0.05, 0) is 57.8 Å². The SMILES string of the molecule is CCCCC/C=C/CC/C=C/C(O)C(COP(=O)([O-])OCC[N+](C)(C)C)NC(=O)CCCCCCCCCCCC/C=C\CCCCCCCCCCCCCC. The Bertz CT molecular complexity index is 1030. The predicted octanol–water partition coefficient (Wildman–Crippen LogP) is 12.8. The minimum absolute atomic E-state index is 0.00680. The molecule has 0 aliphatic heterocycles. The molecule has 3 atom stereocenters. The van der Waals surface area contributed by atoms with Crippen molar-refractivity contribution in [2.45, 2.75) is 225 Å². The van der Waals surface area contributed by atoms with E-state index in [1.165, 1.54) is 154 Å². The van der Waals surface area contributed by atoms with Crippen molar-refractivity contribution < 1.29 is 32.9 Å². The van der Waals surface area contributed by atoms with Crippen LogP contribution in [0, 0.1) is 0 Å². The highest BCUT2D eigenvalue weighted by atomic mass is 31.2. The van der Waals surface area contributed by atoms with Gasteiger partial charge in [-0.25, -0.2) is 0 Å². The Morgan fingerprint density at radius 1 is 0.596 bits per heavy atom. The lowest BCUT2D eigenvalue weighted by Crippen LogP contribution is -2.45. The zero-order valence-electron chi connectivity index (χ0n) is 38.0. The molecule has 0 aromatic heterocycles. The van der Waals surface area contributed by atoms with Gasteiger partial charge in [0.15, 0.2) is 0 Å². The topological polar surface area (TPSA) is 108 Å². The summed E-state index contributed by atoms with van der Waals surface area (Å²) < 4.78 is 23.1. The van der Waals surface area contributed by atoms with Crippen molar-refractivity contribution in [1.29, 1.82) is 0 Å². The number of aliphatic hydroxyl groups excluding tert-OH is 1. The molecule has 57 heavy (non-hydrogen) atoms. The molecule has 0 saturated carbocycles. The molecule has 0 aliphatic rings. The summed E-state index contributed by atoms with van der Waals surface area (Å²) in [4.78, 5) is 25.2. The molecule has 0 aromatic rings. The number of phosphoric acid groups is 1. The molecule has 0 saturated heterocycles. The first-order chi connectivity index (χ1) is 27.5. The second kappa shape index (κ2) is 40.1. The third-order valence-corrected chi connectivity index (χ3v) is 11.5. The Labute approximate surface area is 353 Å². The van der Waals surface area contributed by atoms with Crippen LogP contribution in [0.25, 0.3) is 0 Å². The van der Waals surface area contributed by atoms with E-state index in [4.69, 9.17) is 9.05 Å². The number of hydrogen-bond donors (Lipinski definition) is 2. The molecule has 0 radical (unpaired) electrons. The van der Waals surface area contributed by atoms with Crippen LogP contribution in [0.5, 0.6) is 0 Å². The van der Waals surface area contributed by atoms with E-state index in [0.717, 1.165) is 38.5 Å². The normalized spacial score (nSPS) is 14.6. The summed E-state index contributed by atoms with van der Waals surface area (Å²) in [6.07, 6.45) is 49.4. The number of rotatable bonds is 43. The summed E-state index contributed by atoms with van der Waals surface area (Å²) in [7, 11) is 1.24. The van der Waals surface area contributed by atoms with Crippen molar-refractivity contribution >= 4 is 13.7 Å². The van der Waals surface area contributed by atoms with Gasteiger partial charge in [0.1, 0.15) is 13.2 Å². The summed E-state index contributed by atoms with van der Waals surface area (Å²) >= 11 is 0. The van der Waals surface area contributed by atoms with Gasteiger partial charge in [0.05, 0.1) is 39.9 Å². The quantitative estimate of drug-likeness (QED) is 0.0274. The summed E-state index contributed by atoms with van der Waals surface area (Å²) in [5.74, 6) is -0.211. The Morgan fingerprint density at radius 3 is 1.46 bits per heavy atom. The Morgan fingerprint density at radius 2 is 0.982 bits per heavy atom. The summed E-state index contributed by atoms with van der Waals surface area (Å²) in [6.45, 7) is 4.57. The average molecular weight is 825 g/mol. The highest BCUT2D eigenvalue weighted by Gasteiger charge is 2.23. The van der Waals surface area contributed by atoms with Gasteiger partial charge >= 0.3 is 0 Å². The molecule has 0 heterocycles. The number of unbranched alkanes of at least 4 members (excludes halogenated alkanes) is 26. The second-order valence-corrected chi connectivity index (χ2v) is 18.9.